The van der Waals surface area contributed by atoms with Crippen molar-refractivity contribution in [3.8, 4) is 0 Å². The Morgan fingerprint density at radius 1 is 1.44 bits per heavy atom. The highest BCUT2D eigenvalue weighted by Crippen LogP contribution is 2.10. The number of aliphatic hydroxyl groups excluding tert-OH is 1. The molecule has 4 heteroatoms. The Kier molecular flexibility index (Phi) is 3.22. The van der Waals surface area contributed by atoms with Gasteiger partial charge in [-0.1, -0.05) is 6.07 Å². The number of nitrogens with zero attached hydrogens (tertiary/aromatic N) is 3. The molecule has 2 aromatic rings. The monoisotopic (exact) mass is 219 g/mol. The molecule has 0 unspecified atom stereocenters. The minimum atomic E-state index is 0.187. The second kappa shape index (κ2) is 4.63. The molecule has 0 radical (unpaired) electrons. The van der Waals surface area contributed by atoms with Crippen LogP contribution in [0.4, 0.5) is 0 Å². The van der Waals surface area contributed by atoms with Crippen molar-refractivity contribution in [1.82, 2.24) is 14.3 Å². The maximum absolute atomic E-state index is 8.86. The standard InChI is InChI=1S/C12H17N3O/c1-10-3-4-12-13-7-11(15(12)8-10)9-14(2)5-6-16/h3-4,7-8,16H,5-6,9H2,1-2H3. The van der Waals surface area contributed by atoms with Crippen LogP contribution in [0.3, 0.4) is 0 Å². The predicted molar refractivity (Wildman–Crippen MR) is 63.3 cm³/mol. The summed E-state index contributed by atoms with van der Waals surface area (Å²) in [5.41, 5.74) is 3.34. The summed E-state index contributed by atoms with van der Waals surface area (Å²) in [7, 11) is 1.99. The summed E-state index contributed by atoms with van der Waals surface area (Å²) < 4.78 is 2.10. The molecule has 2 heterocycles. The smallest absolute Gasteiger partial charge is 0.136 e. The highest BCUT2D eigenvalue weighted by atomic mass is 16.3. The number of aliphatic hydroxyl groups is 1. The highest BCUT2D eigenvalue weighted by molar-refractivity contribution is 5.41. The molecule has 0 saturated carbocycles. The maximum atomic E-state index is 8.86. The number of aromatic nitrogens is 2. The number of fused-ring (bicyclic) bond motifs is 1. The van der Waals surface area contributed by atoms with Gasteiger partial charge in [0.25, 0.3) is 0 Å². The summed E-state index contributed by atoms with van der Waals surface area (Å²) >= 11 is 0. The zero-order valence-corrected chi connectivity index (χ0v) is 9.72. The molecule has 0 aromatic carbocycles. The van der Waals surface area contributed by atoms with Crippen LogP contribution in [0.1, 0.15) is 11.3 Å². The number of likely N-dealkylation sites (N-methyl/N-ethyl adjacent to an activating group) is 1. The van der Waals surface area contributed by atoms with Crippen LogP contribution >= 0.6 is 0 Å². The zero-order chi connectivity index (χ0) is 11.5. The van der Waals surface area contributed by atoms with E-state index in [0.29, 0.717) is 6.54 Å². The summed E-state index contributed by atoms with van der Waals surface area (Å²) in [6.45, 7) is 3.73. The van der Waals surface area contributed by atoms with Gasteiger partial charge in [0.05, 0.1) is 18.5 Å². The lowest BCUT2D eigenvalue weighted by molar-refractivity contribution is 0.216. The first-order valence-electron chi connectivity index (χ1n) is 5.42. The van der Waals surface area contributed by atoms with Crippen molar-refractivity contribution in [2.45, 2.75) is 13.5 Å². The van der Waals surface area contributed by atoms with E-state index in [1.54, 1.807) is 0 Å². The van der Waals surface area contributed by atoms with Gasteiger partial charge in [-0.3, -0.25) is 4.90 Å². The number of rotatable bonds is 4. The molecule has 16 heavy (non-hydrogen) atoms. The SMILES string of the molecule is Cc1ccc2ncc(CN(C)CCO)n2c1. The molecule has 0 aliphatic heterocycles. The molecule has 0 saturated heterocycles. The maximum Gasteiger partial charge on any atom is 0.136 e. The van der Waals surface area contributed by atoms with E-state index in [2.05, 4.69) is 33.5 Å². The van der Waals surface area contributed by atoms with E-state index < -0.39 is 0 Å². The molecule has 0 bridgehead atoms. The topological polar surface area (TPSA) is 40.8 Å². The normalized spacial score (nSPS) is 11.5. The number of hydrogen-bond acceptors (Lipinski definition) is 3. The van der Waals surface area contributed by atoms with Crippen molar-refractivity contribution in [1.29, 1.82) is 0 Å². The van der Waals surface area contributed by atoms with Crippen molar-refractivity contribution < 1.29 is 5.11 Å². The minimum absolute atomic E-state index is 0.187. The highest BCUT2D eigenvalue weighted by Gasteiger charge is 2.05. The number of pyridine rings is 1. The molecule has 1 N–H and O–H groups in total. The third kappa shape index (κ3) is 2.23. The first-order valence-corrected chi connectivity index (χ1v) is 5.42. The van der Waals surface area contributed by atoms with Crippen molar-refractivity contribution in [2.75, 3.05) is 20.2 Å². The Morgan fingerprint density at radius 2 is 2.25 bits per heavy atom. The number of hydrogen-bond donors (Lipinski definition) is 1. The summed E-state index contributed by atoms with van der Waals surface area (Å²) in [6.07, 6.45) is 3.98. The van der Waals surface area contributed by atoms with Crippen LogP contribution in [0.5, 0.6) is 0 Å². The second-order valence-electron chi connectivity index (χ2n) is 4.15. The summed E-state index contributed by atoms with van der Waals surface area (Å²) in [5, 5.41) is 8.86. The van der Waals surface area contributed by atoms with Gasteiger partial charge in [-0.25, -0.2) is 4.98 Å². The van der Waals surface area contributed by atoms with Crippen LogP contribution in [-0.4, -0.2) is 39.6 Å². The van der Waals surface area contributed by atoms with E-state index in [0.717, 1.165) is 17.9 Å². The molecular formula is C12H17N3O. The van der Waals surface area contributed by atoms with Crippen molar-refractivity contribution >= 4 is 5.65 Å². The lowest BCUT2D eigenvalue weighted by Crippen LogP contribution is -2.22. The molecule has 4 nitrogen and oxygen atoms in total. The van der Waals surface area contributed by atoms with Crippen LogP contribution in [0.15, 0.2) is 24.5 Å². The van der Waals surface area contributed by atoms with Gasteiger partial charge in [-0.05, 0) is 25.6 Å². The van der Waals surface area contributed by atoms with Gasteiger partial charge in [0.2, 0.25) is 0 Å². The van der Waals surface area contributed by atoms with E-state index >= 15 is 0 Å². The van der Waals surface area contributed by atoms with Gasteiger partial charge < -0.3 is 9.51 Å². The molecule has 86 valence electrons. The van der Waals surface area contributed by atoms with Crippen LogP contribution in [0.25, 0.3) is 5.65 Å². The molecule has 0 aliphatic rings. The third-order valence-electron chi connectivity index (χ3n) is 2.64. The molecule has 0 amide bonds. The fraction of sp³-hybridized carbons (Fsp3) is 0.417. The van der Waals surface area contributed by atoms with E-state index in [4.69, 9.17) is 5.11 Å². The average molecular weight is 219 g/mol. The largest absolute Gasteiger partial charge is 0.395 e. The second-order valence-corrected chi connectivity index (χ2v) is 4.15. The van der Waals surface area contributed by atoms with Crippen LogP contribution in [-0.2, 0) is 6.54 Å². The molecule has 2 rings (SSSR count). The van der Waals surface area contributed by atoms with Gasteiger partial charge in [-0.2, -0.15) is 0 Å². The van der Waals surface area contributed by atoms with E-state index in [1.807, 2.05) is 19.3 Å². The summed E-state index contributed by atoms with van der Waals surface area (Å²) in [4.78, 5) is 6.42. The van der Waals surface area contributed by atoms with Crippen LogP contribution in [0, 0.1) is 6.92 Å². The quantitative estimate of drug-likeness (QED) is 0.836. The van der Waals surface area contributed by atoms with E-state index in [9.17, 15) is 0 Å². The van der Waals surface area contributed by atoms with Crippen molar-refractivity contribution in [3.05, 3.63) is 35.8 Å². The van der Waals surface area contributed by atoms with Crippen LogP contribution in [0.2, 0.25) is 0 Å². The lowest BCUT2D eigenvalue weighted by Gasteiger charge is -2.14. The minimum Gasteiger partial charge on any atom is -0.395 e. The Balaban J connectivity index is 2.27. The number of imidazole rings is 1. The van der Waals surface area contributed by atoms with Crippen molar-refractivity contribution in [3.63, 3.8) is 0 Å². The fourth-order valence-corrected chi connectivity index (χ4v) is 1.78. The van der Waals surface area contributed by atoms with Gasteiger partial charge >= 0.3 is 0 Å². The van der Waals surface area contributed by atoms with Crippen molar-refractivity contribution in [2.24, 2.45) is 0 Å². The Hall–Kier alpha value is -1.39. The summed E-state index contributed by atoms with van der Waals surface area (Å²) in [6, 6.07) is 4.08. The van der Waals surface area contributed by atoms with Gasteiger partial charge in [-0.15, -0.1) is 0 Å². The number of aryl methyl sites for hydroxylation is 1. The summed E-state index contributed by atoms with van der Waals surface area (Å²) in [5.74, 6) is 0. The van der Waals surface area contributed by atoms with Gasteiger partial charge in [0, 0.05) is 19.3 Å². The lowest BCUT2D eigenvalue weighted by atomic mass is 10.3. The molecule has 0 atom stereocenters. The zero-order valence-electron chi connectivity index (χ0n) is 9.72. The van der Waals surface area contributed by atoms with E-state index in [-0.39, 0.29) is 6.61 Å². The van der Waals surface area contributed by atoms with Gasteiger partial charge in [0.15, 0.2) is 0 Å². The first-order chi connectivity index (χ1) is 7.70. The Morgan fingerprint density at radius 3 is 3.00 bits per heavy atom. The first kappa shape index (κ1) is 11.1. The molecule has 0 spiro atoms. The molecular weight excluding hydrogens is 202 g/mol. The fourth-order valence-electron chi connectivity index (χ4n) is 1.78. The third-order valence-corrected chi connectivity index (χ3v) is 2.64. The molecule has 0 fully saturated rings. The Bertz CT molecular complexity index is 478. The van der Waals surface area contributed by atoms with Crippen LogP contribution < -0.4 is 0 Å². The van der Waals surface area contributed by atoms with Gasteiger partial charge in [0.1, 0.15) is 5.65 Å². The molecule has 2 aromatic heterocycles. The predicted octanol–water partition coefficient (Wildman–Crippen LogP) is 1.07. The average Bonchev–Trinajstić information content (AvgIpc) is 2.61. The van der Waals surface area contributed by atoms with E-state index in [1.165, 1.54) is 5.56 Å². The Labute approximate surface area is 95.1 Å². The molecule has 0 aliphatic carbocycles.